The Balaban J connectivity index is 3.17. The van der Waals surface area contributed by atoms with Gasteiger partial charge < -0.3 is 5.11 Å². The molecule has 1 rings (SSSR count). The van der Waals surface area contributed by atoms with Crippen molar-refractivity contribution in [3.63, 3.8) is 0 Å². The van der Waals surface area contributed by atoms with E-state index in [1.54, 1.807) is 6.07 Å². The zero-order valence-electron chi connectivity index (χ0n) is 5.06. The maximum Gasteiger partial charge on any atom is 0.114 e. The van der Waals surface area contributed by atoms with Crippen LogP contribution in [0.15, 0.2) is 18.2 Å². The predicted molar refractivity (Wildman–Crippen MR) is 50.4 cm³/mol. The number of rotatable bonds is 0. The summed E-state index contributed by atoms with van der Waals surface area (Å²) in [7, 11) is 0.921. The van der Waals surface area contributed by atoms with Crippen molar-refractivity contribution in [1.82, 2.24) is 0 Å². The molecule has 3 heteroatoms. The molecule has 0 aliphatic carbocycles. The summed E-state index contributed by atoms with van der Waals surface area (Å²) < 4.78 is 1.09. The van der Waals surface area contributed by atoms with Crippen molar-refractivity contribution in [3.8, 4) is 5.75 Å². The van der Waals surface area contributed by atoms with E-state index in [2.05, 4.69) is 22.6 Å². The lowest BCUT2D eigenvalue weighted by Gasteiger charge is -1.96. The Morgan fingerprint density at radius 3 is 2.56 bits per heavy atom. The first-order chi connectivity index (χ1) is 4.20. The van der Waals surface area contributed by atoms with Crippen molar-refractivity contribution in [3.05, 3.63) is 21.8 Å². The predicted octanol–water partition coefficient (Wildman–Crippen LogP) is -0.0125. The number of phenols is 1. The van der Waals surface area contributed by atoms with E-state index < -0.39 is 0 Å². The Morgan fingerprint density at radius 2 is 2.11 bits per heavy atom. The molecule has 1 nitrogen and oxygen atoms in total. The fourth-order valence-electron chi connectivity index (χ4n) is 0.583. The summed E-state index contributed by atoms with van der Waals surface area (Å²) in [5, 5.41) is 10.2. The fourth-order valence-corrected chi connectivity index (χ4v) is 1.37. The Bertz CT molecular complexity index is 224. The molecule has 1 aromatic carbocycles. The second kappa shape index (κ2) is 2.70. The third-order valence-corrected chi connectivity index (χ3v) is 2.69. The minimum absolute atomic E-state index is 0.438. The molecular weight excluding hydrogens is 243 g/mol. The normalized spacial score (nSPS) is 9.89. The molecule has 0 atom stereocenters. The topological polar surface area (TPSA) is 20.2 Å². The van der Waals surface area contributed by atoms with Gasteiger partial charge in [0, 0.05) is 13.8 Å². The lowest BCUT2D eigenvalue weighted by molar-refractivity contribution is 0.479. The molecule has 0 unspecified atom stereocenters. The van der Waals surface area contributed by atoms with Crippen LogP contribution < -0.4 is 5.19 Å². The second-order valence-corrected chi connectivity index (χ2v) is 4.25. The molecule has 0 aliphatic rings. The number of hydrogen-bond acceptors (Lipinski definition) is 1. The molecule has 0 saturated carbocycles. The maximum absolute atomic E-state index is 9.13. The number of benzene rings is 1. The molecule has 9 heavy (non-hydrogen) atoms. The van der Waals surface area contributed by atoms with E-state index >= 15 is 0 Å². The monoisotopic (exact) mass is 250 g/mol. The van der Waals surface area contributed by atoms with Crippen LogP contribution in [0.3, 0.4) is 0 Å². The molecule has 0 bridgehead atoms. The van der Waals surface area contributed by atoms with Crippen molar-refractivity contribution >= 4 is 38.0 Å². The molecule has 1 N–H and O–H groups in total. The molecule has 0 fully saturated rings. The molecule has 0 spiro atoms. The average Bonchev–Trinajstić information content (AvgIpc) is 1.80. The lowest BCUT2D eigenvalue weighted by atomic mass is 10.3. The first-order valence-corrected chi connectivity index (χ1v) is 4.73. The minimum Gasteiger partial charge on any atom is -0.508 e. The van der Waals surface area contributed by atoms with Crippen molar-refractivity contribution in [2.75, 3.05) is 0 Å². The third-order valence-electron chi connectivity index (χ3n) is 1.17. The number of hydrogen-bond donors (Lipinski definition) is 1. The summed E-state index contributed by atoms with van der Waals surface area (Å²) in [6.45, 7) is 0. The van der Waals surface area contributed by atoms with Crippen LogP contribution in [0.5, 0.6) is 5.75 Å². The Kier molecular flexibility index (Phi) is 2.12. The van der Waals surface area contributed by atoms with Gasteiger partial charge in [0.15, 0.2) is 0 Å². The summed E-state index contributed by atoms with van der Waals surface area (Å²) in [4.78, 5) is 0. The maximum atomic E-state index is 9.13. The lowest BCUT2D eigenvalue weighted by Crippen LogP contribution is -2.01. The molecule has 0 radical (unpaired) electrons. The average molecular weight is 250 g/mol. The van der Waals surface area contributed by atoms with Crippen LogP contribution in [0.4, 0.5) is 0 Å². The zero-order chi connectivity index (χ0) is 6.85. The highest BCUT2D eigenvalue weighted by atomic mass is 127. The molecule has 0 aromatic heterocycles. The van der Waals surface area contributed by atoms with Crippen LogP contribution in [-0.4, -0.2) is 15.3 Å². The highest BCUT2D eigenvalue weighted by molar-refractivity contribution is 14.1. The molecule has 1 aromatic rings. The standard InChI is InChI=1S/C6H7IOSi/c7-4-1-2-6(9)5(8)3-4/h1-3,8H,9H3. The first kappa shape index (κ1) is 7.08. The molecule has 0 aliphatic heterocycles. The third kappa shape index (κ3) is 1.69. The fraction of sp³-hybridized carbons (Fsp3) is 0. The van der Waals surface area contributed by atoms with Crippen LogP contribution in [0.2, 0.25) is 0 Å². The van der Waals surface area contributed by atoms with Gasteiger partial charge in [-0.2, -0.15) is 0 Å². The Morgan fingerprint density at radius 1 is 1.44 bits per heavy atom. The summed E-state index contributed by atoms with van der Waals surface area (Å²) in [5.41, 5.74) is 0. The van der Waals surface area contributed by atoms with Crippen molar-refractivity contribution in [2.24, 2.45) is 0 Å². The smallest absolute Gasteiger partial charge is 0.114 e. The summed E-state index contributed by atoms with van der Waals surface area (Å²) in [5.74, 6) is 0.438. The van der Waals surface area contributed by atoms with Crippen LogP contribution in [0.1, 0.15) is 0 Å². The summed E-state index contributed by atoms with van der Waals surface area (Å²) in [6.07, 6.45) is 0. The van der Waals surface area contributed by atoms with E-state index in [0.717, 1.165) is 19.0 Å². The van der Waals surface area contributed by atoms with E-state index in [-0.39, 0.29) is 0 Å². The number of halogens is 1. The highest BCUT2D eigenvalue weighted by Crippen LogP contribution is 2.09. The van der Waals surface area contributed by atoms with E-state index in [1.165, 1.54) is 0 Å². The van der Waals surface area contributed by atoms with Crippen molar-refractivity contribution in [1.29, 1.82) is 0 Å². The molecular formula is C6H7IOSi. The first-order valence-electron chi connectivity index (χ1n) is 2.65. The van der Waals surface area contributed by atoms with Crippen molar-refractivity contribution in [2.45, 2.75) is 0 Å². The van der Waals surface area contributed by atoms with E-state index in [4.69, 9.17) is 5.11 Å². The van der Waals surface area contributed by atoms with Crippen LogP contribution in [0, 0.1) is 3.57 Å². The van der Waals surface area contributed by atoms with Gasteiger partial charge in [-0.15, -0.1) is 0 Å². The van der Waals surface area contributed by atoms with Crippen molar-refractivity contribution < 1.29 is 5.11 Å². The molecule has 0 heterocycles. The van der Waals surface area contributed by atoms with Crippen LogP contribution in [-0.2, 0) is 0 Å². The van der Waals surface area contributed by atoms with Gasteiger partial charge in [0.2, 0.25) is 0 Å². The summed E-state index contributed by atoms with van der Waals surface area (Å²) >= 11 is 2.18. The van der Waals surface area contributed by atoms with Crippen LogP contribution >= 0.6 is 22.6 Å². The number of phenolic OH excluding ortho intramolecular Hbond substituents is 1. The SMILES string of the molecule is Oc1cc(I)ccc1[SiH3]. The van der Waals surface area contributed by atoms with Gasteiger partial charge in [-0.1, -0.05) is 6.07 Å². The molecule has 0 amide bonds. The van der Waals surface area contributed by atoms with E-state index in [9.17, 15) is 0 Å². The zero-order valence-corrected chi connectivity index (χ0v) is 9.21. The van der Waals surface area contributed by atoms with Gasteiger partial charge in [0.1, 0.15) is 5.75 Å². The van der Waals surface area contributed by atoms with Gasteiger partial charge >= 0.3 is 0 Å². The minimum atomic E-state index is 0.438. The quantitative estimate of drug-likeness (QED) is 0.507. The summed E-state index contributed by atoms with van der Waals surface area (Å²) in [6, 6.07) is 5.74. The second-order valence-electron chi connectivity index (χ2n) is 1.93. The van der Waals surface area contributed by atoms with Gasteiger partial charge in [-0.05, 0) is 39.9 Å². The Hall–Kier alpha value is -0.0331. The van der Waals surface area contributed by atoms with Gasteiger partial charge in [0.25, 0.3) is 0 Å². The molecule has 48 valence electrons. The Labute approximate surface area is 70.7 Å². The van der Waals surface area contributed by atoms with E-state index in [0.29, 0.717) is 5.75 Å². The van der Waals surface area contributed by atoms with E-state index in [1.807, 2.05) is 12.1 Å². The largest absolute Gasteiger partial charge is 0.508 e. The van der Waals surface area contributed by atoms with Gasteiger partial charge in [-0.3, -0.25) is 0 Å². The van der Waals surface area contributed by atoms with Crippen LogP contribution in [0.25, 0.3) is 0 Å². The highest BCUT2D eigenvalue weighted by Gasteiger charge is 1.92. The molecule has 0 saturated heterocycles. The van der Waals surface area contributed by atoms with Gasteiger partial charge in [0.05, 0.1) is 0 Å². The van der Waals surface area contributed by atoms with Gasteiger partial charge in [-0.25, -0.2) is 0 Å². The number of aromatic hydroxyl groups is 1.